The summed E-state index contributed by atoms with van der Waals surface area (Å²) in [6.07, 6.45) is 5.62. The van der Waals surface area contributed by atoms with E-state index in [1.54, 1.807) is 13.1 Å². The minimum absolute atomic E-state index is 0.00648. The van der Waals surface area contributed by atoms with Gasteiger partial charge < -0.3 is 9.73 Å². The third kappa shape index (κ3) is 3.42. The standard InChI is InChI=1S/C14H24N2O3S/c1-3-14(8-4-5-9-14)11-16-20(17,18)13-7-6-12(19-13)10-15-2/h6-7,15-16H,3-5,8-11H2,1-2H3. The molecule has 1 aromatic heterocycles. The molecule has 0 unspecified atom stereocenters. The van der Waals surface area contributed by atoms with Gasteiger partial charge in [0.2, 0.25) is 5.09 Å². The summed E-state index contributed by atoms with van der Waals surface area (Å²) in [5.74, 6) is 0.624. The van der Waals surface area contributed by atoms with Crippen molar-refractivity contribution in [3.8, 4) is 0 Å². The van der Waals surface area contributed by atoms with Crippen LogP contribution in [0, 0.1) is 5.41 Å². The molecule has 1 heterocycles. The molecule has 2 rings (SSSR count). The second-order valence-corrected chi connectivity index (χ2v) is 7.33. The van der Waals surface area contributed by atoms with Crippen LogP contribution in [0.3, 0.4) is 0 Å². The van der Waals surface area contributed by atoms with Gasteiger partial charge in [0.25, 0.3) is 10.0 Å². The minimum atomic E-state index is -3.54. The first-order valence-corrected chi connectivity index (χ1v) is 8.73. The molecule has 1 aromatic rings. The summed E-state index contributed by atoms with van der Waals surface area (Å²) in [4.78, 5) is 0. The fraction of sp³-hybridized carbons (Fsp3) is 0.714. The number of nitrogens with one attached hydrogen (secondary N) is 2. The van der Waals surface area contributed by atoms with Gasteiger partial charge in [0, 0.05) is 6.54 Å². The molecule has 0 aliphatic heterocycles. The van der Waals surface area contributed by atoms with E-state index in [0.717, 1.165) is 19.3 Å². The third-order valence-electron chi connectivity index (χ3n) is 4.30. The van der Waals surface area contributed by atoms with Crippen LogP contribution in [0.2, 0.25) is 0 Å². The molecular formula is C14H24N2O3S. The van der Waals surface area contributed by atoms with Gasteiger partial charge in [-0.2, -0.15) is 0 Å². The molecule has 0 atom stereocenters. The van der Waals surface area contributed by atoms with Crippen LogP contribution in [0.1, 0.15) is 44.8 Å². The number of rotatable bonds is 7. The van der Waals surface area contributed by atoms with Crippen molar-refractivity contribution in [1.82, 2.24) is 10.0 Å². The fourth-order valence-corrected chi connectivity index (χ4v) is 3.97. The zero-order valence-electron chi connectivity index (χ0n) is 12.2. The lowest BCUT2D eigenvalue weighted by atomic mass is 9.84. The van der Waals surface area contributed by atoms with Crippen molar-refractivity contribution in [3.63, 3.8) is 0 Å². The highest BCUT2D eigenvalue weighted by Gasteiger charge is 2.33. The zero-order valence-corrected chi connectivity index (χ0v) is 13.1. The van der Waals surface area contributed by atoms with Crippen LogP contribution in [0.15, 0.2) is 21.6 Å². The lowest BCUT2D eigenvalue weighted by Crippen LogP contribution is -2.35. The van der Waals surface area contributed by atoms with E-state index < -0.39 is 10.0 Å². The topological polar surface area (TPSA) is 71.3 Å². The molecule has 0 spiro atoms. The largest absolute Gasteiger partial charge is 0.447 e. The van der Waals surface area contributed by atoms with Crippen LogP contribution in [-0.2, 0) is 16.6 Å². The predicted molar refractivity (Wildman–Crippen MR) is 77.9 cm³/mol. The van der Waals surface area contributed by atoms with Gasteiger partial charge in [-0.3, -0.25) is 0 Å². The number of hydrogen-bond donors (Lipinski definition) is 2. The molecule has 114 valence electrons. The molecule has 0 radical (unpaired) electrons. The van der Waals surface area contributed by atoms with Crippen LogP contribution in [0.4, 0.5) is 0 Å². The third-order valence-corrected chi connectivity index (χ3v) is 5.58. The van der Waals surface area contributed by atoms with Gasteiger partial charge in [-0.25, -0.2) is 13.1 Å². The molecule has 0 bridgehead atoms. The van der Waals surface area contributed by atoms with Crippen molar-refractivity contribution in [2.75, 3.05) is 13.6 Å². The van der Waals surface area contributed by atoms with E-state index in [1.807, 2.05) is 0 Å². The van der Waals surface area contributed by atoms with Gasteiger partial charge >= 0.3 is 0 Å². The van der Waals surface area contributed by atoms with Crippen LogP contribution in [0.5, 0.6) is 0 Å². The molecule has 1 aliphatic rings. The lowest BCUT2D eigenvalue weighted by Gasteiger charge is -2.27. The van der Waals surface area contributed by atoms with Crippen molar-refractivity contribution in [2.45, 2.75) is 50.7 Å². The van der Waals surface area contributed by atoms with Crippen molar-refractivity contribution in [2.24, 2.45) is 5.41 Å². The number of hydrogen-bond acceptors (Lipinski definition) is 4. The summed E-state index contributed by atoms with van der Waals surface area (Å²) in [5, 5.41) is 2.94. The monoisotopic (exact) mass is 300 g/mol. The second kappa shape index (κ2) is 6.28. The summed E-state index contributed by atoms with van der Waals surface area (Å²) < 4.78 is 32.6. The average Bonchev–Trinajstić information content (AvgIpc) is 3.07. The van der Waals surface area contributed by atoms with Gasteiger partial charge in [0.15, 0.2) is 0 Å². The van der Waals surface area contributed by atoms with Gasteiger partial charge in [-0.15, -0.1) is 0 Å². The van der Waals surface area contributed by atoms with E-state index in [9.17, 15) is 8.42 Å². The Morgan fingerprint density at radius 2 is 2.00 bits per heavy atom. The minimum Gasteiger partial charge on any atom is -0.447 e. The molecule has 5 nitrogen and oxygen atoms in total. The molecule has 2 N–H and O–H groups in total. The first-order valence-electron chi connectivity index (χ1n) is 7.24. The summed E-state index contributed by atoms with van der Waals surface area (Å²) in [7, 11) is -1.75. The first kappa shape index (κ1) is 15.5. The molecule has 1 saturated carbocycles. The Kier molecular flexibility index (Phi) is 4.88. The summed E-state index contributed by atoms with van der Waals surface area (Å²) >= 11 is 0. The van der Waals surface area contributed by atoms with E-state index in [0.29, 0.717) is 18.8 Å². The SMILES string of the molecule is CCC1(CNS(=O)(=O)c2ccc(CNC)o2)CCCC1. The van der Waals surface area contributed by atoms with Crippen molar-refractivity contribution >= 4 is 10.0 Å². The van der Waals surface area contributed by atoms with Crippen LogP contribution in [0.25, 0.3) is 0 Å². The number of furan rings is 1. The van der Waals surface area contributed by atoms with E-state index >= 15 is 0 Å². The molecule has 6 heteroatoms. The first-order chi connectivity index (χ1) is 9.51. The van der Waals surface area contributed by atoms with Gasteiger partial charge in [0.05, 0.1) is 6.54 Å². The van der Waals surface area contributed by atoms with Crippen LogP contribution >= 0.6 is 0 Å². The maximum Gasteiger partial charge on any atom is 0.273 e. The average molecular weight is 300 g/mol. The number of sulfonamides is 1. The van der Waals surface area contributed by atoms with Crippen molar-refractivity contribution in [3.05, 3.63) is 17.9 Å². The van der Waals surface area contributed by atoms with Crippen LogP contribution < -0.4 is 10.0 Å². The normalized spacial score (nSPS) is 18.5. The Morgan fingerprint density at radius 1 is 1.30 bits per heavy atom. The van der Waals surface area contributed by atoms with E-state index in [2.05, 4.69) is 17.0 Å². The molecular weight excluding hydrogens is 276 g/mol. The summed E-state index contributed by atoms with van der Waals surface area (Å²) in [5.41, 5.74) is 0.132. The van der Waals surface area contributed by atoms with Gasteiger partial charge in [0.1, 0.15) is 5.76 Å². The van der Waals surface area contributed by atoms with E-state index in [1.165, 1.54) is 18.9 Å². The Balaban J connectivity index is 2.03. The highest BCUT2D eigenvalue weighted by atomic mass is 32.2. The Bertz CT molecular complexity index is 530. The molecule has 20 heavy (non-hydrogen) atoms. The highest BCUT2D eigenvalue weighted by molar-refractivity contribution is 7.89. The molecule has 0 saturated heterocycles. The molecule has 0 amide bonds. The van der Waals surface area contributed by atoms with E-state index in [4.69, 9.17) is 4.42 Å². The highest BCUT2D eigenvalue weighted by Crippen LogP contribution is 2.40. The Labute approximate surface area is 121 Å². The molecule has 1 aliphatic carbocycles. The van der Waals surface area contributed by atoms with Crippen molar-refractivity contribution < 1.29 is 12.8 Å². The predicted octanol–water partition coefficient (Wildman–Crippen LogP) is 2.25. The maximum absolute atomic E-state index is 12.2. The van der Waals surface area contributed by atoms with Crippen molar-refractivity contribution in [1.29, 1.82) is 0 Å². The summed E-state index contributed by atoms with van der Waals surface area (Å²) in [6.45, 7) is 3.17. The molecule has 1 fully saturated rings. The van der Waals surface area contributed by atoms with E-state index in [-0.39, 0.29) is 10.5 Å². The fourth-order valence-electron chi connectivity index (χ4n) is 2.87. The maximum atomic E-state index is 12.2. The molecule has 0 aromatic carbocycles. The second-order valence-electron chi connectivity index (χ2n) is 5.64. The Morgan fingerprint density at radius 3 is 2.60 bits per heavy atom. The lowest BCUT2D eigenvalue weighted by molar-refractivity contribution is 0.284. The smallest absolute Gasteiger partial charge is 0.273 e. The quantitative estimate of drug-likeness (QED) is 0.810. The Hall–Kier alpha value is -0.850. The van der Waals surface area contributed by atoms with Gasteiger partial charge in [-0.1, -0.05) is 19.8 Å². The summed E-state index contributed by atoms with van der Waals surface area (Å²) in [6, 6.07) is 3.21. The zero-order chi connectivity index (χ0) is 14.6. The van der Waals surface area contributed by atoms with Crippen LogP contribution in [-0.4, -0.2) is 22.0 Å². The van der Waals surface area contributed by atoms with Gasteiger partial charge in [-0.05, 0) is 43.9 Å².